The number of halogens is 1. The zero-order valence-electron chi connectivity index (χ0n) is 55.1. The zero-order valence-corrected chi connectivity index (χ0v) is 55.9. The highest BCUT2D eigenvalue weighted by atomic mass is 35.5. The summed E-state index contributed by atoms with van der Waals surface area (Å²) in [5.41, 5.74) is 18.5. The molecule has 11 atom stereocenters. The molecule has 14 amide bonds. The number of fused-ring (bicyclic) bond motifs is 10. The number of amides is 14. The number of nitrogens with two attached hydrogens (primary N) is 3. The molecule has 0 radical (unpaired) electrons. The number of nitrogens with zero attached hydrogens (tertiary/aromatic N) is 3. The number of rotatable bonds is 21. The Morgan fingerprint density at radius 3 is 1.95 bits per heavy atom. The Hall–Kier alpha value is -10.3. The Kier molecular flexibility index (Phi) is 29.7. The van der Waals surface area contributed by atoms with Crippen LogP contribution in [0.2, 0.25) is 5.02 Å². The molecule has 32 nitrogen and oxygen atoms in total. The zero-order chi connectivity index (χ0) is 71.6. The number of pyridine rings is 1. The third-order valence-corrected chi connectivity index (χ3v) is 16.6. The van der Waals surface area contributed by atoms with Gasteiger partial charge in [0, 0.05) is 69.8 Å². The second kappa shape index (κ2) is 37.9. The highest BCUT2D eigenvalue weighted by Gasteiger charge is 2.42. The molecule has 18 N–H and O–H groups in total. The van der Waals surface area contributed by atoms with Crippen molar-refractivity contribution in [3.8, 4) is 0 Å². The molecule has 3 saturated heterocycles. The Morgan fingerprint density at radius 1 is 0.643 bits per heavy atom. The summed E-state index contributed by atoms with van der Waals surface area (Å²) in [6.45, 7) is 5.41. The summed E-state index contributed by atoms with van der Waals surface area (Å²) >= 11 is 6.19. The molecular formula is C65H89ClN18O14. The van der Waals surface area contributed by atoms with Crippen LogP contribution in [-0.4, -0.2) is 191 Å². The van der Waals surface area contributed by atoms with E-state index in [1.54, 1.807) is 81.4 Å². The average Bonchev–Trinajstić information content (AvgIpc) is 1.77. The summed E-state index contributed by atoms with van der Waals surface area (Å²) in [7, 11) is 0. The number of nitrogens with one attached hydrogen (secondary N) is 12. The van der Waals surface area contributed by atoms with Gasteiger partial charge in [0.2, 0.25) is 82.7 Å². The summed E-state index contributed by atoms with van der Waals surface area (Å²) in [5.74, 6) is -14.0. The SMILES string of the molecule is CC[C@H](NC(C)=O)C(=O)N[C@@H](Cc1ccc(Cl)cc1)C(=O)N[C@@H](Cc1cccnc1)C(=O)N[C@H]1CC(=O)NCC(C(N)=O)NC(=O)[C@@H]2CCCN2C(=O)C2CCCNC(=O)[C@@H](Cc3ccccc3)NC(=O)C[C@H](NC1=O)C(=O)N[C@@H](CCCN=C(N)N)C(=O)N[C@H](CC(C)C)C(=O)N2. The fourth-order valence-electron chi connectivity index (χ4n) is 11.3. The molecule has 3 aromatic rings. The summed E-state index contributed by atoms with van der Waals surface area (Å²) in [4.78, 5) is 211. The fraction of sp³-hybridized carbons (Fsp3) is 0.508. The van der Waals surface area contributed by atoms with Crippen molar-refractivity contribution in [3.05, 3.63) is 101 Å². The van der Waals surface area contributed by atoms with Crippen LogP contribution in [0, 0.1) is 5.92 Å². The first-order valence-corrected chi connectivity index (χ1v) is 32.9. The van der Waals surface area contributed by atoms with Crippen LogP contribution >= 0.6 is 11.6 Å². The van der Waals surface area contributed by atoms with Gasteiger partial charge in [-0.3, -0.25) is 77.1 Å². The van der Waals surface area contributed by atoms with E-state index in [0.29, 0.717) is 21.7 Å². The lowest BCUT2D eigenvalue weighted by molar-refractivity contribution is -0.142. The number of carbonyl (C=O) groups excluding carboxylic acids is 14. The molecule has 0 saturated carbocycles. The Bertz CT molecular complexity index is 3380. The first-order chi connectivity index (χ1) is 46.7. The van der Waals surface area contributed by atoms with Gasteiger partial charge in [-0.2, -0.15) is 0 Å². The number of hydrogen-bond donors (Lipinski definition) is 15. The van der Waals surface area contributed by atoms with Gasteiger partial charge in [0.25, 0.3) is 0 Å². The minimum Gasteiger partial charge on any atom is -0.370 e. The third-order valence-electron chi connectivity index (χ3n) is 16.4. The number of primary amides is 1. The van der Waals surface area contributed by atoms with Crippen molar-refractivity contribution < 1.29 is 67.1 Å². The Morgan fingerprint density at radius 2 is 1.30 bits per heavy atom. The first kappa shape index (κ1) is 76.7. The van der Waals surface area contributed by atoms with Gasteiger partial charge in [-0.05, 0) is 92.2 Å². The van der Waals surface area contributed by atoms with E-state index in [9.17, 15) is 52.7 Å². The number of benzene rings is 2. The molecule has 98 heavy (non-hydrogen) atoms. The lowest BCUT2D eigenvalue weighted by Gasteiger charge is -2.31. The lowest BCUT2D eigenvalue weighted by Crippen LogP contribution is -2.61. The number of aromatic nitrogens is 1. The van der Waals surface area contributed by atoms with E-state index in [2.05, 4.69) is 73.8 Å². The third kappa shape index (κ3) is 24.4. The van der Waals surface area contributed by atoms with Gasteiger partial charge in [0.05, 0.1) is 12.8 Å². The molecule has 3 aliphatic heterocycles. The maximum atomic E-state index is 15.3. The minimum absolute atomic E-state index is 0.00490. The number of aliphatic imine (C=N–C) groups is 1. The van der Waals surface area contributed by atoms with E-state index in [1.165, 1.54) is 30.3 Å². The molecule has 530 valence electrons. The van der Waals surface area contributed by atoms with E-state index in [-0.39, 0.29) is 102 Å². The average molecular weight is 1380 g/mol. The molecule has 6 rings (SSSR count). The van der Waals surface area contributed by atoms with Crippen molar-refractivity contribution in [2.75, 3.05) is 26.2 Å². The van der Waals surface area contributed by atoms with E-state index in [4.69, 9.17) is 28.8 Å². The summed E-state index contributed by atoms with van der Waals surface area (Å²) < 4.78 is 0. The van der Waals surface area contributed by atoms with E-state index in [0.717, 1.165) is 0 Å². The van der Waals surface area contributed by atoms with Gasteiger partial charge < -0.3 is 85.9 Å². The van der Waals surface area contributed by atoms with Gasteiger partial charge in [0.15, 0.2) is 5.96 Å². The predicted octanol–water partition coefficient (Wildman–Crippen LogP) is -3.56. The smallest absolute Gasteiger partial charge is 0.245 e. The molecule has 0 aliphatic carbocycles. The first-order valence-electron chi connectivity index (χ1n) is 32.5. The molecule has 33 heteroatoms. The molecule has 3 fully saturated rings. The lowest BCUT2D eigenvalue weighted by atomic mass is 10.0. The maximum absolute atomic E-state index is 15.3. The quantitative estimate of drug-likeness (QED) is 0.0212. The second-order valence-electron chi connectivity index (χ2n) is 24.7. The van der Waals surface area contributed by atoms with Crippen LogP contribution in [0.5, 0.6) is 0 Å². The minimum atomic E-state index is -2.10. The van der Waals surface area contributed by atoms with Crippen LogP contribution in [0.4, 0.5) is 0 Å². The van der Waals surface area contributed by atoms with Crippen molar-refractivity contribution >= 4 is 100 Å². The van der Waals surface area contributed by atoms with Crippen LogP contribution in [0.3, 0.4) is 0 Å². The monoisotopic (exact) mass is 1380 g/mol. The van der Waals surface area contributed by atoms with Crippen LogP contribution < -0.4 is 81.0 Å². The summed E-state index contributed by atoms with van der Waals surface area (Å²) in [6.07, 6.45) is 0.164. The summed E-state index contributed by atoms with van der Waals surface area (Å²) in [5, 5.41) is 31.5. The highest BCUT2D eigenvalue weighted by molar-refractivity contribution is 6.30. The van der Waals surface area contributed by atoms with Crippen LogP contribution in [0.1, 0.15) is 109 Å². The van der Waals surface area contributed by atoms with Gasteiger partial charge >= 0.3 is 0 Å². The predicted molar refractivity (Wildman–Crippen MR) is 356 cm³/mol. The molecular weight excluding hydrogens is 1290 g/mol. The number of hydrogen-bond acceptors (Lipinski definition) is 16. The van der Waals surface area contributed by atoms with Gasteiger partial charge in [-0.25, -0.2) is 0 Å². The normalized spacial score (nSPS) is 22.8. The molecule has 1 aromatic heterocycles. The van der Waals surface area contributed by atoms with Gasteiger partial charge in [-0.1, -0.05) is 80.9 Å². The number of guanidine groups is 1. The van der Waals surface area contributed by atoms with Crippen molar-refractivity contribution in [1.82, 2.24) is 73.7 Å². The molecule has 2 bridgehead atoms. The van der Waals surface area contributed by atoms with Crippen molar-refractivity contribution in [1.29, 1.82) is 0 Å². The maximum Gasteiger partial charge on any atom is 0.245 e. The van der Waals surface area contributed by atoms with E-state index >= 15 is 14.4 Å². The number of carbonyl (C=O) groups is 14. The van der Waals surface area contributed by atoms with Gasteiger partial charge in [-0.15, -0.1) is 0 Å². The van der Waals surface area contributed by atoms with Crippen LogP contribution in [-0.2, 0) is 86.4 Å². The fourth-order valence-corrected chi connectivity index (χ4v) is 11.4. The molecule has 2 unspecified atom stereocenters. The van der Waals surface area contributed by atoms with Crippen LogP contribution in [0.15, 0.2) is 84.1 Å². The molecule has 0 spiro atoms. The van der Waals surface area contributed by atoms with Crippen molar-refractivity contribution in [2.45, 2.75) is 178 Å². The van der Waals surface area contributed by atoms with E-state index < -0.39 is 169 Å². The summed E-state index contributed by atoms with van der Waals surface area (Å²) in [6, 6.07) is 0.778. The van der Waals surface area contributed by atoms with Crippen LogP contribution in [0.25, 0.3) is 0 Å². The topological polar surface area (TPSA) is 490 Å². The van der Waals surface area contributed by atoms with Gasteiger partial charge in [0.1, 0.15) is 66.5 Å². The molecule has 4 heterocycles. The standard InChI is InChI=1S/C65H89ClN18O14/c1-5-41(74-36(4)85)56(90)79-46(29-38-19-21-40(66)22-20-38)59(93)80-47(30-39-15-9-23-70-33-39)60(94)81-48-31-52(86)73-34-50(54(67)88)83-63(97)51-18-12-26-84(51)64(98)43-17-11-24-71-55(89)45(28-37-13-7-6-8-14-37)75-53(87)32-49(82-62(48)96)61(95)76-42(16-10-25-72-65(68)69)57(91)78-44(27-35(2)3)58(92)77-43/h6-9,13-15,19-23,33,35,41-51H,5,10-12,16-18,24-32,34H2,1-4H3,(H2,67,88)(H,71,89)(H,73,86)(H,74,85)(H,75,87)(H,76,95)(H,77,92)(H,78,91)(H,79,90)(H,80,93)(H,81,94)(H,82,96)(H,83,97)(H4,68,69,72)/t41-,42-,43?,44+,45+,46-,47-,48-,49-,50?,51-/m0/s1. The molecule has 3 aliphatic rings. The largest absolute Gasteiger partial charge is 0.370 e. The highest BCUT2D eigenvalue weighted by Crippen LogP contribution is 2.21. The van der Waals surface area contributed by atoms with Crippen molar-refractivity contribution in [3.63, 3.8) is 0 Å². The van der Waals surface area contributed by atoms with E-state index in [1.807, 2.05) is 0 Å². The Labute approximate surface area is 571 Å². The molecule has 2 aromatic carbocycles. The Balaban J connectivity index is 1.50. The second-order valence-corrected chi connectivity index (χ2v) is 25.1. The van der Waals surface area contributed by atoms with Crippen molar-refractivity contribution in [2.24, 2.45) is 28.1 Å².